The van der Waals surface area contributed by atoms with Crippen LogP contribution < -0.4 is 9.47 Å². The minimum absolute atomic E-state index is 0.0809. The molecule has 2 aliphatic rings. The molecule has 6 heteroatoms. The number of ether oxygens (including phenoxy) is 2. The van der Waals surface area contributed by atoms with Gasteiger partial charge in [-0.05, 0) is 42.3 Å². The highest BCUT2D eigenvalue weighted by atomic mass is 16.5. The number of pyridine rings is 1. The highest BCUT2D eigenvalue weighted by Gasteiger charge is 2.35. The van der Waals surface area contributed by atoms with Crippen molar-refractivity contribution < 1.29 is 14.3 Å². The number of nitrogens with zero attached hydrogens (tertiary/aromatic N) is 3. The molecule has 0 spiro atoms. The Kier molecular flexibility index (Phi) is 4.55. The zero-order chi connectivity index (χ0) is 22.5. The smallest absolute Gasteiger partial charge is 0.232 e. The van der Waals surface area contributed by atoms with E-state index in [4.69, 9.17) is 9.47 Å². The third-order valence-electron chi connectivity index (χ3n) is 6.33. The molecule has 0 N–H and O–H groups in total. The molecule has 0 aliphatic carbocycles. The van der Waals surface area contributed by atoms with Gasteiger partial charge in [-0.3, -0.25) is 14.7 Å². The van der Waals surface area contributed by atoms with Gasteiger partial charge in [0.1, 0.15) is 18.2 Å². The minimum atomic E-state index is -0.0809. The Morgan fingerprint density at radius 1 is 1.18 bits per heavy atom. The fourth-order valence-corrected chi connectivity index (χ4v) is 4.76. The first-order valence-corrected chi connectivity index (χ1v) is 11.0. The lowest BCUT2D eigenvalue weighted by Gasteiger charge is -2.30. The van der Waals surface area contributed by atoms with Gasteiger partial charge in [0, 0.05) is 55.2 Å². The van der Waals surface area contributed by atoms with Crippen molar-refractivity contribution in [3.05, 3.63) is 94.6 Å². The number of aryl methyl sites for hydroxylation is 2. The molecule has 0 saturated heterocycles. The van der Waals surface area contributed by atoms with Crippen LogP contribution in [-0.2, 0) is 20.1 Å². The maximum Gasteiger partial charge on any atom is 0.232 e. The number of rotatable bonds is 3. The van der Waals surface area contributed by atoms with Crippen LogP contribution in [0.1, 0.15) is 32.6 Å². The van der Waals surface area contributed by atoms with E-state index in [1.54, 1.807) is 6.20 Å². The molecule has 33 heavy (non-hydrogen) atoms. The molecule has 6 nitrogen and oxygen atoms in total. The van der Waals surface area contributed by atoms with Crippen LogP contribution in [-0.4, -0.2) is 27.0 Å². The molecule has 2 aromatic carbocycles. The summed E-state index contributed by atoms with van der Waals surface area (Å²) in [6.07, 6.45) is 7.51. The second-order valence-electron chi connectivity index (χ2n) is 8.65. The number of carbonyl (C=O) groups is 1. The Hall–Kier alpha value is -3.90. The predicted molar refractivity (Wildman–Crippen MR) is 126 cm³/mol. The van der Waals surface area contributed by atoms with Gasteiger partial charge in [-0.25, -0.2) is 0 Å². The van der Waals surface area contributed by atoms with Gasteiger partial charge in [0.25, 0.3) is 0 Å². The van der Waals surface area contributed by atoms with E-state index in [9.17, 15) is 4.79 Å². The number of hydrogen-bond donors (Lipinski definition) is 0. The minimum Gasteiger partial charge on any atom is -0.478 e. The Bertz CT molecular complexity index is 1440. The monoisotopic (exact) mass is 437 g/mol. The van der Waals surface area contributed by atoms with Crippen LogP contribution in [0.25, 0.3) is 17.0 Å². The Labute approximate surface area is 191 Å². The summed E-state index contributed by atoms with van der Waals surface area (Å²) in [6.45, 7) is 3.77. The van der Waals surface area contributed by atoms with Crippen LogP contribution in [0.4, 0.5) is 0 Å². The van der Waals surface area contributed by atoms with Gasteiger partial charge in [-0.1, -0.05) is 24.3 Å². The first-order valence-electron chi connectivity index (χ1n) is 11.0. The van der Waals surface area contributed by atoms with Crippen LogP contribution in [0.15, 0.2) is 66.8 Å². The number of allylic oxidation sites excluding steroid dienone is 1. The lowest BCUT2D eigenvalue weighted by molar-refractivity contribution is 0.0871. The third kappa shape index (κ3) is 3.31. The third-order valence-corrected chi connectivity index (χ3v) is 6.33. The topological polar surface area (TPSA) is 56.6 Å². The van der Waals surface area contributed by atoms with Crippen LogP contribution in [0, 0.1) is 6.92 Å². The van der Waals surface area contributed by atoms with Crippen molar-refractivity contribution in [3.8, 4) is 11.5 Å². The Morgan fingerprint density at radius 3 is 2.91 bits per heavy atom. The lowest BCUT2D eigenvalue weighted by atomic mass is 9.98. The fraction of sp³-hybridized carbons (Fsp3) is 0.185. The maximum atomic E-state index is 13.4. The largest absolute Gasteiger partial charge is 0.478 e. The standard InChI is InChI=1S/C27H23N3O3/c1-17-10-23-21(15-30(16-32-23)13-18-6-5-9-28-12-18)27-25(17)26(31)24(33-27)11-19-14-29(2)22-8-4-3-7-20(19)22/h3-12,14H,13,15-16H2,1-2H3/b24-11-. The molecule has 4 heterocycles. The Morgan fingerprint density at radius 2 is 2.06 bits per heavy atom. The number of aromatic nitrogens is 2. The van der Waals surface area contributed by atoms with Gasteiger partial charge in [-0.15, -0.1) is 0 Å². The molecule has 2 aromatic heterocycles. The molecule has 4 aromatic rings. The summed E-state index contributed by atoms with van der Waals surface area (Å²) in [5.41, 5.74) is 5.61. The molecule has 0 bridgehead atoms. The van der Waals surface area contributed by atoms with Gasteiger partial charge in [0.2, 0.25) is 5.78 Å². The summed E-state index contributed by atoms with van der Waals surface area (Å²) < 4.78 is 14.4. The Balaban J connectivity index is 1.36. The molecule has 164 valence electrons. The number of Topliss-reactive ketones (excluding diaryl/α,β-unsaturated/α-hetero) is 1. The number of carbonyl (C=O) groups excluding carboxylic acids is 1. The normalized spacial score (nSPS) is 16.5. The van der Waals surface area contributed by atoms with Crippen molar-refractivity contribution in [1.29, 1.82) is 0 Å². The van der Waals surface area contributed by atoms with Gasteiger partial charge in [0.05, 0.1) is 11.1 Å². The second kappa shape index (κ2) is 7.60. The highest BCUT2D eigenvalue weighted by molar-refractivity contribution is 6.16. The molecule has 0 unspecified atom stereocenters. The van der Waals surface area contributed by atoms with Crippen LogP contribution >= 0.6 is 0 Å². The average molecular weight is 437 g/mol. The molecule has 0 amide bonds. The van der Waals surface area contributed by atoms with Gasteiger partial charge >= 0.3 is 0 Å². The first-order chi connectivity index (χ1) is 16.1. The molecular formula is C27H23N3O3. The van der Waals surface area contributed by atoms with Crippen molar-refractivity contribution in [2.45, 2.75) is 20.0 Å². The van der Waals surface area contributed by atoms with Crippen molar-refractivity contribution in [2.24, 2.45) is 7.05 Å². The summed E-state index contributed by atoms with van der Waals surface area (Å²) in [6, 6.07) is 14.1. The predicted octanol–water partition coefficient (Wildman–Crippen LogP) is 4.85. The lowest BCUT2D eigenvalue weighted by Crippen LogP contribution is -2.31. The van der Waals surface area contributed by atoms with Crippen molar-refractivity contribution >= 4 is 22.8 Å². The molecule has 0 radical (unpaired) electrons. The SMILES string of the molecule is Cc1cc2c(c3c1C(=O)/C(=C/c1cn(C)c4ccccc14)O3)CN(Cc1cccnc1)CO2. The molecule has 0 atom stereocenters. The molecule has 6 rings (SSSR count). The van der Waals surface area contributed by atoms with E-state index in [1.165, 1.54) is 0 Å². The van der Waals surface area contributed by atoms with E-state index in [1.807, 2.05) is 62.8 Å². The number of benzene rings is 2. The van der Waals surface area contributed by atoms with Gasteiger partial charge < -0.3 is 14.0 Å². The molecule has 0 fully saturated rings. The first kappa shape index (κ1) is 19.8. The van der Waals surface area contributed by atoms with E-state index in [-0.39, 0.29) is 5.78 Å². The van der Waals surface area contributed by atoms with E-state index in [2.05, 4.69) is 26.6 Å². The zero-order valence-corrected chi connectivity index (χ0v) is 18.5. The zero-order valence-electron chi connectivity index (χ0n) is 18.5. The van der Waals surface area contributed by atoms with Gasteiger partial charge in [-0.2, -0.15) is 0 Å². The van der Waals surface area contributed by atoms with Crippen molar-refractivity contribution in [3.63, 3.8) is 0 Å². The van der Waals surface area contributed by atoms with E-state index < -0.39 is 0 Å². The van der Waals surface area contributed by atoms with Crippen LogP contribution in [0.2, 0.25) is 0 Å². The summed E-state index contributed by atoms with van der Waals surface area (Å²) in [7, 11) is 2.01. The van der Waals surface area contributed by atoms with Crippen LogP contribution in [0.3, 0.4) is 0 Å². The molecule has 2 aliphatic heterocycles. The summed E-state index contributed by atoms with van der Waals surface area (Å²) in [5, 5.41) is 1.09. The van der Waals surface area contributed by atoms with Crippen LogP contribution in [0.5, 0.6) is 11.5 Å². The van der Waals surface area contributed by atoms with Crippen molar-refractivity contribution in [2.75, 3.05) is 6.73 Å². The maximum absolute atomic E-state index is 13.4. The van der Waals surface area contributed by atoms with E-state index >= 15 is 0 Å². The summed E-state index contributed by atoms with van der Waals surface area (Å²) >= 11 is 0. The van der Waals surface area contributed by atoms with Gasteiger partial charge in [0.15, 0.2) is 5.76 Å². The highest BCUT2D eigenvalue weighted by Crippen LogP contribution is 2.44. The number of hydrogen-bond acceptors (Lipinski definition) is 5. The molecular weight excluding hydrogens is 414 g/mol. The fourth-order valence-electron chi connectivity index (χ4n) is 4.76. The van der Waals surface area contributed by atoms with Crippen molar-refractivity contribution in [1.82, 2.24) is 14.5 Å². The van der Waals surface area contributed by atoms with E-state index in [0.717, 1.165) is 38.9 Å². The summed E-state index contributed by atoms with van der Waals surface area (Å²) in [5.74, 6) is 1.68. The van der Waals surface area contributed by atoms with E-state index in [0.29, 0.717) is 36.9 Å². The summed E-state index contributed by atoms with van der Waals surface area (Å²) in [4.78, 5) is 19.7. The average Bonchev–Trinajstić information content (AvgIpc) is 3.33. The molecule has 0 saturated carbocycles. The second-order valence-corrected chi connectivity index (χ2v) is 8.65. The number of ketones is 1. The number of fused-ring (bicyclic) bond motifs is 4. The quantitative estimate of drug-likeness (QED) is 0.429. The number of para-hydroxylation sites is 1.